The average molecular weight is 281 g/mol. The number of thiocarbonyl (C=S) groups is 1. The van der Waals surface area contributed by atoms with Crippen molar-refractivity contribution in [1.29, 1.82) is 0 Å². The summed E-state index contributed by atoms with van der Waals surface area (Å²) in [7, 11) is 0. The fourth-order valence-corrected chi connectivity index (χ4v) is 3.51. The van der Waals surface area contributed by atoms with Crippen LogP contribution in [-0.4, -0.2) is 27.5 Å². The monoisotopic (exact) mass is 281 g/mol. The van der Waals surface area contributed by atoms with Crippen molar-refractivity contribution >= 4 is 34.8 Å². The third kappa shape index (κ3) is 2.95. The minimum Gasteiger partial charge on any atom is -0.389 e. The van der Waals surface area contributed by atoms with E-state index in [4.69, 9.17) is 18.0 Å². The van der Waals surface area contributed by atoms with Crippen LogP contribution in [-0.2, 0) is 0 Å². The lowest BCUT2D eigenvalue weighted by atomic mass is 10.1. The smallest absolute Gasteiger partial charge is 0.136 e. The van der Waals surface area contributed by atoms with Gasteiger partial charge in [0.1, 0.15) is 10.8 Å². The molecule has 3 N–H and O–H groups in total. The fourth-order valence-electron chi connectivity index (χ4n) is 2.46. The van der Waals surface area contributed by atoms with Crippen LogP contribution >= 0.6 is 24.0 Å². The summed E-state index contributed by atoms with van der Waals surface area (Å²) in [6.07, 6.45) is 7.64. The predicted octanol–water partition coefficient (Wildman–Crippen LogP) is 2.72. The van der Waals surface area contributed by atoms with Crippen molar-refractivity contribution < 1.29 is 0 Å². The van der Waals surface area contributed by atoms with Gasteiger partial charge in [0.2, 0.25) is 0 Å². The number of nitrogens with zero attached hydrogens (tertiary/aromatic N) is 1. The molecule has 2 rings (SSSR count). The molecule has 1 heterocycles. The van der Waals surface area contributed by atoms with Crippen molar-refractivity contribution in [1.82, 2.24) is 4.98 Å². The quantitative estimate of drug-likeness (QED) is 0.831. The fraction of sp³-hybridized carbons (Fsp3) is 0.538. The van der Waals surface area contributed by atoms with Crippen LogP contribution in [0.25, 0.3) is 0 Å². The van der Waals surface area contributed by atoms with Gasteiger partial charge in [0.05, 0.1) is 5.56 Å². The summed E-state index contributed by atoms with van der Waals surface area (Å²) in [6.45, 7) is 2.01. The third-order valence-electron chi connectivity index (χ3n) is 3.46. The van der Waals surface area contributed by atoms with Gasteiger partial charge < -0.3 is 11.1 Å². The van der Waals surface area contributed by atoms with E-state index in [1.165, 1.54) is 19.3 Å². The molecule has 0 radical (unpaired) electrons. The number of aryl methyl sites for hydroxylation is 1. The molecule has 98 valence electrons. The van der Waals surface area contributed by atoms with E-state index in [1.807, 2.05) is 24.8 Å². The molecule has 5 heteroatoms. The molecule has 1 saturated carbocycles. The number of pyridine rings is 1. The first-order valence-electron chi connectivity index (χ1n) is 6.16. The Balaban J connectivity index is 2.15. The van der Waals surface area contributed by atoms with Crippen molar-refractivity contribution in [3.8, 4) is 0 Å². The van der Waals surface area contributed by atoms with E-state index < -0.39 is 0 Å². The molecule has 0 bridgehead atoms. The molecule has 0 spiro atoms. The first kappa shape index (κ1) is 13.6. The molecule has 0 aromatic carbocycles. The van der Waals surface area contributed by atoms with Crippen LogP contribution in [0.4, 0.5) is 5.82 Å². The third-order valence-corrected chi connectivity index (χ3v) is 4.76. The molecule has 2 unspecified atom stereocenters. The Labute approximate surface area is 118 Å². The lowest BCUT2D eigenvalue weighted by Crippen LogP contribution is -2.22. The molecule has 2 atom stereocenters. The van der Waals surface area contributed by atoms with Crippen molar-refractivity contribution in [2.45, 2.75) is 37.5 Å². The van der Waals surface area contributed by atoms with Gasteiger partial charge in [-0.2, -0.15) is 11.8 Å². The maximum Gasteiger partial charge on any atom is 0.136 e. The molecular weight excluding hydrogens is 262 g/mol. The summed E-state index contributed by atoms with van der Waals surface area (Å²) in [4.78, 5) is 4.81. The summed E-state index contributed by atoms with van der Waals surface area (Å²) in [5.41, 5.74) is 7.76. The lowest BCUT2D eigenvalue weighted by molar-refractivity contribution is 0.751. The zero-order chi connectivity index (χ0) is 13.1. The molecule has 1 aliphatic rings. The van der Waals surface area contributed by atoms with Gasteiger partial charge in [-0.1, -0.05) is 12.2 Å². The topological polar surface area (TPSA) is 50.9 Å². The second-order valence-electron chi connectivity index (χ2n) is 4.73. The highest BCUT2D eigenvalue weighted by molar-refractivity contribution is 7.99. The Morgan fingerprint density at radius 1 is 1.56 bits per heavy atom. The highest BCUT2D eigenvalue weighted by Gasteiger charge is 2.25. The van der Waals surface area contributed by atoms with Crippen LogP contribution in [0.3, 0.4) is 0 Å². The molecule has 0 saturated heterocycles. The molecule has 1 aromatic heterocycles. The SMILES string of the molecule is CSC1CCC(Nc2nccc(C)c2C(N)=S)C1. The van der Waals surface area contributed by atoms with E-state index in [0.717, 1.165) is 22.2 Å². The van der Waals surface area contributed by atoms with E-state index in [9.17, 15) is 0 Å². The second-order valence-corrected chi connectivity index (χ2v) is 6.31. The summed E-state index contributed by atoms with van der Waals surface area (Å²) >= 11 is 7.07. The van der Waals surface area contributed by atoms with Gasteiger partial charge in [-0.15, -0.1) is 0 Å². The Morgan fingerprint density at radius 3 is 2.94 bits per heavy atom. The molecule has 0 aliphatic heterocycles. The standard InChI is InChI=1S/C13H19N3S2/c1-8-5-6-15-13(11(8)12(14)17)16-9-3-4-10(7-9)18-2/h5-6,9-10H,3-4,7H2,1-2H3,(H2,14,17)(H,15,16). The van der Waals surface area contributed by atoms with E-state index in [0.29, 0.717) is 11.0 Å². The molecular formula is C13H19N3S2. The maximum atomic E-state index is 5.79. The average Bonchev–Trinajstić information content (AvgIpc) is 2.76. The van der Waals surface area contributed by atoms with Crippen molar-refractivity contribution in [2.24, 2.45) is 5.73 Å². The molecule has 18 heavy (non-hydrogen) atoms. The first-order valence-corrected chi connectivity index (χ1v) is 7.86. The van der Waals surface area contributed by atoms with Gasteiger partial charge in [0, 0.05) is 17.5 Å². The number of thioether (sulfide) groups is 1. The highest BCUT2D eigenvalue weighted by Crippen LogP contribution is 2.30. The number of hydrogen-bond acceptors (Lipinski definition) is 4. The van der Waals surface area contributed by atoms with E-state index in [2.05, 4.69) is 16.6 Å². The van der Waals surface area contributed by atoms with Crippen LogP contribution in [0.5, 0.6) is 0 Å². The van der Waals surface area contributed by atoms with Gasteiger partial charge in [0.25, 0.3) is 0 Å². The van der Waals surface area contributed by atoms with E-state index in [-0.39, 0.29) is 0 Å². The molecule has 3 nitrogen and oxygen atoms in total. The Morgan fingerprint density at radius 2 is 2.33 bits per heavy atom. The van der Waals surface area contributed by atoms with Gasteiger partial charge >= 0.3 is 0 Å². The van der Waals surface area contributed by atoms with Crippen LogP contribution in [0.2, 0.25) is 0 Å². The van der Waals surface area contributed by atoms with Crippen molar-refractivity contribution in [2.75, 3.05) is 11.6 Å². The Kier molecular flexibility index (Phi) is 4.45. The largest absolute Gasteiger partial charge is 0.389 e. The number of nitrogens with one attached hydrogen (secondary N) is 1. The lowest BCUT2D eigenvalue weighted by Gasteiger charge is -2.17. The van der Waals surface area contributed by atoms with Gasteiger partial charge in [-0.05, 0) is 44.1 Å². The van der Waals surface area contributed by atoms with Crippen molar-refractivity contribution in [3.05, 3.63) is 23.4 Å². The highest BCUT2D eigenvalue weighted by atomic mass is 32.2. The summed E-state index contributed by atoms with van der Waals surface area (Å²) in [5, 5.41) is 4.27. The van der Waals surface area contributed by atoms with Crippen LogP contribution < -0.4 is 11.1 Å². The first-order chi connectivity index (χ1) is 8.61. The number of rotatable bonds is 4. The zero-order valence-corrected chi connectivity index (χ0v) is 12.4. The number of anilines is 1. The summed E-state index contributed by atoms with van der Waals surface area (Å²) in [5.74, 6) is 0.842. The summed E-state index contributed by atoms with van der Waals surface area (Å²) < 4.78 is 0. The zero-order valence-electron chi connectivity index (χ0n) is 10.8. The Hall–Kier alpha value is -0.810. The van der Waals surface area contributed by atoms with E-state index >= 15 is 0 Å². The van der Waals surface area contributed by atoms with Crippen molar-refractivity contribution in [3.63, 3.8) is 0 Å². The second kappa shape index (κ2) is 5.89. The molecule has 1 aromatic rings. The minimum atomic E-state index is 0.419. The summed E-state index contributed by atoms with van der Waals surface area (Å²) in [6, 6.07) is 2.43. The molecule has 1 fully saturated rings. The van der Waals surface area contributed by atoms with Crippen LogP contribution in [0.15, 0.2) is 12.3 Å². The maximum absolute atomic E-state index is 5.79. The Bertz CT molecular complexity index is 448. The molecule has 0 amide bonds. The van der Waals surface area contributed by atoms with Gasteiger partial charge in [-0.25, -0.2) is 4.98 Å². The van der Waals surface area contributed by atoms with Gasteiger partial charge in [0.15, 0.2) is 0 Å². The van der Waals surface area contributed by atoms with Gasteiger partial charge in [-0.3, -0.25) is 0 Å². The number of aromatic nitrogens is 1. The molecule has 1 aliphatic carbocycles. The normalized spacial score (nSPS) is 23.0. The van der Waals surface area contributed by atoms with Crippen LogP contribution in [0, 0.1) is 6.92 Å². The minimum absolute atomic E-state index is 0.419. The number of nitrogens with two attached hydrogens (primary N) is 1. The predicted molar refractivity (Wildman–Crippen MR) is 83.4 cm³/mol. The van der Waals surface area contributed by atoms with Crippen LogP contribution in [0.1, 0.15) is 30.4 Å². The van der Waals surface area contributed by atoms with E-state index in [1.54, 1.807) is 6.20 Å². The number of hydrogen-bond donors (Lipinski definition) is 2.